The molecule has 0 atom stereocenters. The van der Waals surface area contributed by atoms with E-state index in [0.717, 1.165) is 7.11 Å². The molecule has 1 N–H and O–H groups in total. The molecule has 0 aromatic heterocycles. The molecular formula is C5H14O3Si. The third kappa shape index (κ3) is 18.3. The molecule has 56 valence electrons. The predicted molar refractivity (Wildman–Crippen MR) is 38.8 cm³/mol. The molecule has 0 unspecified atom stereocenters. The second-order valence-electron chi connectivity index (χ2n) is 1.66. The van der Waals surface area contributed by atoms with Crippen LogP contribution in [0.5, 0.6) is 0 Å². The normalized spacial score (nSPS) is 7.78. The minimum atomic E-state index is -1.08. The third-order valence-corrected chi connectivity index (χ3v) is 1.20. The van der Waals surface area contributed by atoms with Crippen molar-refractivity contribution < 1.29 is 14.3 Å². The number of aliphatic hydroxyl groups is 1. The fourth-order valence-electron chi connectivity index (χ4n) is 0.332. The molecule has 0 radical (unpaired) electrons. The molecule has 3 nitrogen and oxygen atoms in total. The number of hydrogen-bond acceptors (Lipinski definition) is 3. The van der Waals surface area contributed by atoms with Gasteiger partial charge in [0.1, 0.15) is 0 Å². The fourth-order valence-corrected chi connectivity index (χ4v) is 0.996. The SMILES string of the molecule is CC(=O)O[SiH](C)C.CO. The molecule has 0 saturated heterocycles. The second-order valence-corrected chi connectivity index (χ2v) is 3.99. The summed E-state index contributed by atoms with van der Waals surface area (Å²) < 4.78 is 4.75. The zero-order valence-corrected chi connectivity index (χ0v) is 7.50. The summed E-state index contributed by atoms with van der Waals surface area (Å²) in [7, 11) is -0.0779. The van der Waals surface area contributed by atoms with Gasteiger partial charge in [0.15, 0.2) is 0 Å². The minimum absolute atomic E-state index is 0.151. The Hall–Kier alpha value is -0.353. The Balaban J connectivity index is 0. The predicted octanol–water partition coefficient (Wildman–Crippen LogP) is 0.141. The number of hydrogen-bond donors (Lipinski definition) is 1. The van der Waals surface area contributed by atoms with E-state index in [1.807, 2.05) is 13.1 Å². The van der Waals surface area contributed by atoms with Crippen LogP contribution in [0.2, 0.25) is 13.1 Å². The number of rotatable bonds is 1. The van der Waals surface area contributed by atoms with E-state index in [-0.39, 0.29) is 5.97 Å². The van der Waals surface area contributed by atoms with E-state index in [9.17, 15) is 4.79 Å². The Labute approximate surface area is 57.4 Å². The molecule has 0 aromatic rings. The van der Waals surface area contributed by atoms with Crippen LogP contribution >= 0.6 is 0 Å². The first-order valence-electron chi connectivity index (χ1n) is 2.75. The van der Waals surface area contributed by atoms with Crippen molar-refractivity contribution >= 4 is 15.0 Å². The topological polar surface area (TPSA) is 46.5 Å². The lowest BCUT2D eigenvalue weighted by Gasteiger charge is -2.00. The van der Waals surface area contributed by atoms with Crippen molar-refractivity contribution in [3.8, 4) is 0 Å². The lowest BCUT2D eigenvalue weighted by atomic mass is 10.9. The summed E-state index contributed by atoms with van der Waals surface area (Å²) in [5.41, 5.74) is 0. The first-order chi connectivity index (χ1) is 4.13. The summed E-state index contributed by atoms with van der Waals surface area (Å²) >= 11 is 0. The molecular weight excluding hydrogens is 136 g/mol. The summed E-state index contributed by atoms with van der Waals surface area (Å²) in [4.78, 5) is 10.1. The lowest BCUT2D eigenvalue weighted by Crippen LogP contribution is -2.11. The van der Waals surface area contributed by atoms with Gasteiger partial charge in [-0.1, -0.05) is 0 Å². The third-order valence-electron chi connectivity index (χ3n) is 0.402. The summed E-state index contributed by atoms with van der Waals surface area (Å²) in [6.07, 6.45) is 0. The van der Waals surface area contributed by atoms with Crippen molar-refractivity contribution in [1.82, 2.24) is 0 Å². The maximum Gasteiger partial charge on any atom is 0.289 e. The van der Waals surface area contributed by atoms with E-state index in [1.165, 1.54) is 6.92 Å². The molecule has 0 amide bonds. The Kier molecular flexibility index (Phi) is 9.72. The molecule has 0 aliphatic rings. The van der Waals surface area contributed by atoms with Gasteiger partial charge >= 0.3 is 0 Å². The molecule has 0 spiro atoms. The smallest absolute Gasteiger partial charge is 0.289 e. The van der Waals surface area contributed by atoms with Crippen molar-refractivity contribution in [2.75, 3.05) is 7.11 Å². The van der Waals surface area contributed by atoms with Crippen LogP contribution in [0, 0.1) is 0 Å². The van der Waals surface area contributed by atoms with Gasteiger partial charge in [-0.05, 0) is 13.1 Å². The monoisotopic (exact) mass is 150 g/mol. The zero-order chi connectivity index (χ0) is 7.86. The van der Waals surface area contributed by atoms with Gasteiger partial charge in [-0.25, -0.2) is 0 Å². The summed E-state index contributed by atoms with van der Waals surface area (Å²) in [5.74, 6) is -0.151. The number of carbonyl (C=O) groups is 1. The lowest BCUT2D eigenvalue weighted by molar-refractivity contribution is -0.132. The van der Waals surface area contributed by atoms with Gasteiger partial charge < -0.3 is 9.53 Å². The van der Waals surface area contributed by atoms with Crippen LogP contribution < -0.4 is 0 Å². The molecule has 4 heteroatoms. The molecule has 0 aliphatic carbocycles. The van der Waals surface area contributed by atoms with Crippen LogP contribution in [0.15, 0.2) is 0 Å². The van der Waals surface area contributed by atoms with Crippen LogP contribution in [-0.4, -0.2) is 27.2 Å². The van der Waals surface area contributed by atoms with E-state index in [4.69, 9.17) is 9.53 Å². The van der Waals surface area contributed by atoms with E-state index >= 15 is 0 Å². The van der Waals surface area contributed by atoms with Crippen LogP contribution in [-0.2, 0) is 9.22 Å². The highest BCUT2D eigenvalue weighted by Gasteiger charge is 1.96. The maximum atomic E-state index is 10.1. The van der Waals surface area contributed by atoms with E-state index in [1.54, 1.807) is 0 Å². The Morgan fingerprint density at radius 2 is 1.78 bits per heavy atom. The second kappa shape index (κ2) is 7.65. The summed E-state index contributed by atoms with van der Waals surface area (Å²) in [6, 6.07) is 0. The van der Waals surface area contributed by atoms with E-state index in [2.05, 4.69) is 0 Å². The molecule has 0 heterocycles. The average molecular weight is 150 g/mol. The number of carbonyl (C=O) groups excluding carboxylic acids is 1. The molecule has 0 rings (SSSR count). The highest BCUT2D eigenvalue weighted by atomic mass is 28.3. The Bertz CT molecular complexity index is 72.6. The standard InChI is InChI=1S/C4H10O2Si.CH4O/c1-4(5)6-7(2)3;1-2/h7H,1-3H3;2H,1H3. The average Bonchev–Trinajstić information content (AvgIpc) is 1.68. The van der Waals surface area contributed by atoms with Gasteiger partial charge in [-0.15, -0.1) is 0 Å². The van der Waals surface area contributed by atoms with Crippen LogP contribution in [0.3, 0.4) is 0 Å². The Morgan fingerprint density at radius 3 is 1.78 bits per heavy atom. The van der Waals surface area contributed by atoms with Crippen molar-refractivity contribution in [3.63, 3.8) is 0 Å². The van der Waals surface area contributed by atoms with Gasteiger partial charge in [0.2, 0.25) is 9.04 Å². The number of aliphatic hydroxyl groups excluding tert-OH is 1. The fraction of sp³-hybridized carbons (Fsp3) is 0.800. The maximum absolute atomic E-state index is 10.1. The largest absolute Gasteiger partial charge is 0.523 e. The highest BCUT2D eigenvalue weighted by molar-refractivity contribution is 6.50. The van der Waals surface area contributed by atoms with E-state index in [0.29, 0.717) is 0 Å². The van der Waals surface area contributed by atoms with Crippen molar-refractivity contribution in [1.29, 1.82) is 0 Å². The molecule has 0 bridgehead atoms. The molecule has 0 aliphatic heterocycles. The quantitative estimate of drug-likeness (QED) is 0.541. The van der Waals surface area contributed by atoms with Crippen LogP contribution in [0.25, 0.3) is 0 Å². The van der Waals surface area contributed by atoms with Crippen LogP contribution in [0.1, 0.15) is 6.92 Å². The van der Waals surface area contributed by atoms with Crippen LogP contribution in [0.4, 0.5) is 0 Å². The Morgan fingerprint density at radius 1 is 1.44 bits per heavy atom. The van der Waals surface area contributed by atoms with Crippen molar-refractivity contribution in [2.45, 2.75) is 20.0 Å². The minimum Gasteiger partial charge on any atom is -0.523 e. The zero-order valence-electron chi connectivity index (χ0n) is 6.34. The van der Waals surface area contributed by atoms with E-state index < -0.39 is 9.04 Å². The van der Waals surface area contributed by atoms with Gasteiger partial charge in [-0.2, -0.15) is 0 Å². The van der Waals surface area contributed by atoms with Crippen molar-refractivity contribution in [3.05, 3.63) is 0 Å². The summed E-state index contributed by atoms with van der Waals surface area (Å²) in [5, 5.41) is 7.00. The van der Waals surface area contributed by atoms with Gasteiger partial charge in [0.05, 0.1) is 0 Å². The van der Waals surface area contributed by atoms with Crippen molar-refractivity contribution in [2.24, 2.45) is 0 Å². The van der Waals surface area contributed by atoms with Gasteiger partial charge in [0.25, 0.3) is 5.97 Å². The molecule has 0 aromatic carbocycles. The first kappa shape index (κ1) is 11.4. The van der Waals surface area contributed by atoms with Gasteiger partial charge in [-0.3, -0.25) is 4.79 Å². The molecule has 9 heavy (non-hydrogen) atoms. The summed E-state index contributed by atoms with van der Waals surface area (Å²) in [6.45, 7) is 5.36. The molecule has 0 saturated carbocycles. The van der Waals surface area contributed by atoms with Gasteiger partial charge in [0, 0.05) is 14.0 Å². The first-order valence-corrected chi connectivity index (χ1v) is 5.53. The molecule has 0 fully saturated rings. The highest BCUT2D eigenvalue weighted by Crippen LogP contribution is 1.81.